The van der Waals surface area contributed by atoms with E-state index >= 15 is 0 Å². The van der Waals surface area contributed by atoms with Crippen LogP contribution in [0.5, 0.6) is 0 Å². The van der Waals surface area contributed by atoms with Gasteiger partial charge in [-0.15, -0.1) is 0 Å². The van der Waals surface area contributed by atoms with Crippen LogP contribution >= 0.6 is 0 Å². The van der Waals surface area contributed by atoms with Gasteiger partial charge in [-0.1, -0.05) is 30.3 Å². The van der Waals surface area contributed by atoms with E-state index in [-0.39, 0.29) is 12.3 Å². The Hall–Kier alpha value is -3.48. The molecule has 1 N–H and O–H groups in total. The third-order valence-corrected chi connectivity index (χ3v) is 3.19. The molecule has 2 aromatic rings. The molecular formula is C18H16N2O5. The molecule has 0 aliphatic carbocycles. The zero-order chi connectivity index (χ0) is 18.1. The number of nitro benzene ring substituents is 1. The average Bonchev–Trinajstić information content (AvgIpc) is 2.64. The number of amides is 1. The Morgan fingerprint density at radius 2 is 1.76 bits per heavy atom. The lowest BCUT2D eigenvalue weighted by atomic mass is 10.2. The van der Waals surface area contributed by atoms with Gasteiger partial charge in [-0.25, -0.2) is 4.79 Å². The predicted molar refractivity (Wildman–Crippen MR) is 91.4 cm³/mol. The van der Waals surface area contributed by atoms with E-state index in [1.54, 1.807) is 0 Å². The maximum absolute atomic E-state index is 11.6. The summed E-state index contributed by atoms with van der Waals surface area (Å²) in [6, 6.07) is 15.0. The van der Waals surface area contributed by atoms with Crippen LogP contribution in [0, 0.1) is 10.1 Å². The van der Waals surface area contributed by atoms with Gasteiger partial charge in [0.25, 0.3) is 11.6 Å². The van der Waals surface area contributed by atoms with Crippen molar-refractivity contribution in [3.8, 4) is 0 Å². The minimum absolute atomic E-state index is 0.0326. The number of non-ortho nitro benzene ring substituents is 1. The molecule has 0 saturated heterocycles. The Labute approximate surface area is 144 Å². The molecule has 0 atom stereocenters. The summed E-state index contributed by atoms with van der Waals surface area (Å²) in [6.45, 7) is -0.0217. The highest BCUT2D eigenvalue weighted by atomic mass is 16.6. The van der Waals surface area contributed by atoms with Crippen molar-refractivity contribution in [2.24, 2.45) is 0 Å². The Kier molecular flexibility index (Phi) is 6.41. The van der Waals surface area contributed by atoms with E-state index in [1.165, 1.54) is 30.3 Å². The van der Waals surface area contributed by atoms with Gasteiger partial charge in [0, 0.05) is 24.8 Å². The van der Waals surface area contributed by atoms with Crippen molar-refractivity contribution in [3.63, 3.8) is 0 Å². The van der Waals surface area contributed by atoms with Gasteiger partial charge in [-0.05, 0) is 29.3 Å². The molecule has 25 heavy (non-hydrogen) atoms. The number of nitrogens with zero attached hydrogens (tertiary/aromatic N) is 1. The molecule has 0 heterocycles. The van der Waals surface area contributed by atoms with E-state index in [9.17, 15) is 19.7 Å². The zero-order valence-electron chi connectivity index (χ0n) is 13.3. The highest BCUT2D eigenvalue weighted by Gasteiger charge is 2.05. The number of carbonyl (C=O) groups is 2. The highest BCUT2D eigenvalue weighted by molar-refractivity contribution is 5.89. The molecule has 1 amide bonds. The number of nitrogens with one attached hydrogen (secondary N) is 1. The van der Waals surface area contributed by atoms with Gasteiger partial charge >= 0.3 is 5.97 Å². The van der Waals surface area contributed by atoms with Crippen molar-refractivity contribution in [3.05, 3.63) is 81.9 Å². The van der Waals surface area contributed by atoms with Crippen LogP contribution in [0.1, 0.15) is 11.1 Å². The molecule has 7 nitrogen and oxygen atoms in total. The number of rotatable bonds is 7. The molecule has 0 radical (unpaired) electrons. The fourth-order valence-electron chi connectivity index (χ4n) is 1.90. The van der Waals surface area contributed by atoms with Gasteiger partial charge < -0.3 is 10.1 Å². The Bertz CT molecular complexity index is 770. The first-order chi connectivity index (χ1) is 12.0. The molecule has 0 fully saturated rings. The predicted octanol–water partition coefficient (Wildman–Crippen LogP) is 2.47. The molecule has 0 spiro atoms. The maximum Gasteiger partial charge on any atom is 0.331 e. The summed E-state index contributed by atoms with van der Waals surface area (Å²) in [5.41, 5.74) is 1.52. The van der Waals surface area contributed by atoms with Gasteiger partial charge in [-0.2, -0.15) is 0 Å². The van der Waals surface area contributed by atoms with E-state index in [0.29, 0.717) is 12.1 Å². The van der Waals surface area contributed by atoms with E-state index in [4.69, 9.17) is 4.74 Å². The first kappa shape index (κ1) is 17.9. The maximum atomic E-state index is 11.6. The molecule has 2 rings (SSSR count). The molecule has 2 aromatic carbocycles. The average molecular weight is 340 g/mol. The zero-order valence-corrected chi connectivity index (χ0v) is 13.3. The molecule has 0 unspecified atom stereocenters. The Balaban J connectivity index is 1.74. The van der Waals surface area contributed by atoms with E-state index in [0.717, 1.165) is 11.6 Å². The van der Waals surface area contributed by atoms with Crippen molar-refractivity contribution in [2.75, 3.05) is 6.61 Å². The minimum Gasteiger partial charge on any atom is -0.452 e. The largest absolute Gasteiger partial charge is 0.452 e. The molecule has 0 aliphatic heterocycles. The van der Waals surface area contributed by atoms with Crippen LogP contribution in [0.2, 0.25) is 0 Å². The molecule has 0 aliphatic rings. The smallest absolute Gasteiger partial charge is 0.331 e. The van der Waals surface area contributed by atoms with Crippen LogP contribution in [0.25, 0.3) is 6.08 Å². The summed E-state index contributed by atoms with van der Waals surface area (Å²) in [6.07, 6.45) is 2.61. The lowest BCUT2D eigenvalue weighted by Gasteiger charge is -2.05. The van der Waals surface area contributed by atoms with Crippen LogP contribution in [-0.2, 0) is 20.9 Å². The highest BCUT2D eigenvalue weighted by Crippen LogP contribution is 2.12. The van der Waals surface area contributed by atoms with Gasteiger partial charge in [0.1, 0.15) is 0 Å². The number of hydrogen-bond acceptors (Lipinski definition) is 5. The number of hydrogen-bond donors (Lipinski definition) is 1. The summed E-state index contributed by atoms with van der Waals surface area (Å²) in [5.74, 6) is -1.07. The third kappa shape index (κ3) is 6.26. The molecule has 0 bridgehead atoms. The summed E-state index contributed by atoms with van der Waals surface area (Å²) < 4.78 is 4.83. The number of ether oxygens (including phenoxy) is 1. The molecule has 0 saturated carbocycles. The van der Waals surface area contributed by atoms with Crippen molar-refractivity contribution < 1.29 is 19.2 Å². The first-order valence-electron chi connectivity index (χ1n) is 7.44. The second-order valence-corrected chi connectivity index (χ2v) is 5.05. The monoisotopic (exact) mass is 340 g/mol. The number of esters is 1. The quantitative estimate of drug-likeness (QED) is 0.361. The van der Waals surface area contributed by atoms with Crippen molar-refractivity contribution in [2.45, 2.75) is 6.54 Å². The van der Waals surface area contributed by atoms with Gasteiger partial charge in [0.05, 0.1) is 4.92 Å². The fraction of sp³-hybridized carbons (Fsp3) is 0.111. The van der Waals surface area contributed by atoms with Crippen molar-refractivity contribution >= 4 is 23.6 Å². The standard InChI is InChI=1S/C18H16N2O5/c21-17(19-12-15-4-2-1-3-5-15)13-25-18(22)11-8-14-6-9-16(10-7-14)20(23)24/h1-11H,12-13H2,(H,19,21). The topological polar surface area (TPSA) is 98.5 Å². The lowest BCUT2D eigenvalue weighted by molar-refractivity contribution is -0.384. The van der Waals surface area contributed by atoms with Crippen LogP contribution in [0.3, 0.4) is 0 Å². The molecular weight excluding hydrogens is 324 g/mol. The Morgan fingerprint density at radius 1 is 1.08 bits per heavy atom. The number of carbonyl (C=O) groups excluding carboxylic acids is 2. The molecule has 0 aromatic heterocycles. The fourth-order valence-corrected chi connectivity index (χ4v) is 1.90. The summed E-state index contributed by atoms with van der Waals surface area (Å²) in [7, 11) is 0. The van der Waals surface area contributed by atoms with E-state index in [2.05, 4.69) is 5.32 Å². The van der Waals surface area contributed by atoms with Gasteiger partial charge in [0.15, 0.2) is 6.61 Å². The molecule has 7 heteroatoms. The second kappa shape index (κ2) is 8.97. The van der Waals surface area contributed by atoms with Crippen LogP contribution in [0.4, 0.5) is 5.69 Å². The van der Waals surface area contributed by atoms with Crippen LogP contribution in [0.15, 0.2) is 60.7 Å². The SMILES string of the molecule is O=C(COC(=O)C=Cc1ccc([N+](=O)[O-])cc1)NCc1ccccc1. The normalized spacial score (nSPS) is 10.4. The van der Waals surface area contributed by atoms with Crippen LogP contribution < -0.4 is 5.32 Å². The third-order valence-electron chi connectivity index (χ3n) is 3.19. The second-order valence-electron chi connectivity index (χ2n) is 5.05. The van der Waals surface area contributed by atoms with Gasteiger partial charge in [-0.3, -0.25) is 14.9 Å². The van der Waals surface area contributed by atoms with E-state index in [1.807, 2.05) is 30.3 Å². The first-order valence-corrected chi connectivity index (χ1v) is 7.44. The number of nitro groups is 1. The van der Waals surface area contributed by atoms with Crippen molar-refractivity contribution in [1.29, 1.82) is 0 Å². The lowest BCUT2D eigenvalue weighted by Crippen LogP contribution is -2.28. The summed E-state index contributed by atoms with van der Waals surface area (Å²) in [4.78, 5) is 33.2. The van der Waals surface area contributed by atoms with Crippen LogP contribution in [-0.4, -0.2) is 23.4 Å². The molecule has 128 valence electrons. The summed E-state index contributed by atoms with van der Waals surface area (Å²) >= 11 is 0. The Morgan fingerprint density at radius 3 is 2.40 bits per heavy atom. The number of benzene rings is 2. The summed E-state index contributed by atoms with van der Waals surface area (Å²) in [5, 5.41) is 13.2. The minimum atomic E-state index is -0.673. The van der Waals surface area contributed by atoms with Crippen molar-refractivity contribution in [1.82, 2.24) is 5.32 Å². The van der Waals surface area contributed by atoms with Gasteiger partial charge in [0.2, 0.25) is 0 Å². The van der Waals surface area contributed by atoms with E-state index < -0.39 is 16.8 Å².